The van der Waals surface area contributed by atoms with Gasteiger partial charge >= 0.3 is 0 Å². The van der Waals surface area contributed by atoms with Gasteiger partial charge in [-0.15, -0.1) is 0 Å². The molecule has 0 aromatic heterocycles. The SMILES string of the molecule is CC#N.CC(=O)O.CO. The lowest BCUT2D eigenvalue weighted by Gasteiger charge is -1.59. The fourth-order valence-corrected chi connectivity index (χ4v) is 0. The van der Waals surface area contributed by atoms with Crippen molar-refractivity contribution in [2.75, 3.05) is 7.11 Å². The molecule has 9 heavy (non-hydrogen) atoms. The molecule has 4 heteroatoms. The van der Waals surface area contributed by atoms with Gasteiger partial charge in [0.15, 0.2) is 0 Å². The smallest absolute Gasteiger partial charge is 0.300 e. The lowest BCUT2D eigenvalue weighted by molar-refractivity contribution is -0.134. The zero-order valence-corrected chi connectivity index (χ0v) is 5.75. The van der Waals surface area contributed by atoms with E-state index < -0.39 is 5.97 Å². The van der Waals surface area contributed by atoms with Crippen molar-refractivity contribution in [1.29, 1.82) is 5.26 Å². The van der Waals surface area contributed by atoms with Crippen molar-refractivity contribution in [2.45, 2.75) is 13.8 Å². The first-order chi connectivity index (χ1) is 4.15. The Bertz CT molecular complexity index is 80.7. The summed E-state index contributed by atoms with van der Waals surface area (Å²) in [6.45, 7) is 2.51. The standard InChI is InChI=1S/C2H3N.C2H4O2.CH4O/c1-2-3;1-2(3)4;1-2/h1H3;1H3,(H,3,4);2H,1H3. The van der Waals surface area contributed by atoms with Crippen LogP contribution < -0.4 is 0 Å². The highest BCUT2D eigenvalue weighted by atomic mass is 16.4. The second kappa shape index (κ2) is 28.4. The Hall–Kier alpha value is -1.08. The van der Waals surface area contributed by atoms with Gasteiger partial charge in [0, 0.05) is 21.0 Å². The molecule has 0 aliphatic carbocycles. The van der Waals surface area contributed by atoms with E-state index >= 15 is 0 Å². The van der Waals surface area contributed by atoms with Gasteiger partial charge in [0.25, 0.3) is 5.97 Å². The van der Waals surface area contributed by atoms with E-state index in [2.05, 4.69) is 0 Å². The predicted octanol–water partition coefficient (Wildman–Crippen LogP) is 0.229. The minimum atomic E-state index is -0.833. The quantitative estimate of drug-likeness (QED) is 0.495. The van der Waals surface area contributed by atoms with Crippen molar-refractivity contribution in [3.8, 4) is 6.07 Å². The molecule has 0 aromatic rings. The molecule has 0 radical (unpaired) electrons. The molecule has 0 amide bonds. The van der Waals surface area contributed by atoms with Gasteiger partial charge in [0.05, 0.1) is 6.07 Å². The van der Waals surface area contributed by atoms with Crippen LogP contribution in [0.5, 0.6) is 0 Å². The van der Waals surface area contributed by atoms with Gasteiger partial charge in [-0.05, 0) is 0 Å². The van der Waals surface area contributed by atoms with E-state index in [0.717, 1.165) is 14.0 Å². The summed E-state index contributed by atoms with van der Waals surface area (Å²) in [6.07, 6.45) is 0. The minimum Gasteiger partial charge on any atom is -0.481 e. The van der Waals surface area contributed by atoms with Crippen LogP contribution in [0.3, 0.4) is 0 Å². The fourth-order valence-electron chi connectivity index (χ4n) is 0. The molecule has 0 spiro atoms. The van der Waals surface area contributed by atoms with E-state index in [4.69, 9.17) is 20.3 Å². The number of aliphatic hydroxyl groups is 1. The van der Waals surface area contributed by atoms with Crippen molar-refractivity contribution >= 4 is 5.97 Å². The molecule has 0 heterocycles. The van der Waals surface area contributed by atoms with Gasteiger partial charge in [-0.1, -0.05) is 0 Å². The number of carbonyl (C=O) groups is 1. The summed E-state index contributed by atoms with van der Waals surface area (Å²) in [7, 11) is 1.00. The molecule has 0 saturated carbocycles. The molecule has 0 rings (SSSR count). The highest BCUT2D eigenvalue weighted by Gasteiger charge is 1.65. The summed E-state index contributed by atoms with van der Waals surface area (Å²) >= 11 is 0. The molecule has 0 aliphatic rings. The zero-order valence-electron chi connectivity index (χ0n) is 5.75. The Morgan fingerprint density at radius 1 is 1.56 bits per heavy atom. The van der Waals surface area contributed by atoms with E-state index in [9.17, 15) is 0 Å². The summed E-state index contributed by atoms with van der Waals surface area (Å²) in [4.78, 5) is 9.00. The average molecular weight is 133 g/mol. The molecule has 0 aromatic carbocycles. The van der Waals surface area contributed by atoms with Gasteiger partial charge in [0.1, 0.15) is 0 Å². The summed E-state index contributed by atoms with van der Waals surface area (Å²) in [5, 5.41) is 21.7. The van der Waals surface area contributed by atoms with Crippen LogP contribution in [-0.2, 0) is 4.79 Å². The number of aliphatic hydroxyl groups excluding tert-OH is 1. The normalized spacial score (nSPS) is 4.33. The number of hydrogen-bond donors (Lipinski definition) is 2. The van der Waals surface area contributed by atoms with Gasteiger partial charge in [-0.3, -0.25) is 4.79 Å². The zero-order chi connectivity index (χ0) is 8.28. The molecule has 0 fully saturated rings. The number of carboxylic acid groups (broad SMARTS) is 1. The van der Waals surface area contributed by atoms with Gasteiger partial charge in [-0.25, -0.2) is 0 Å². The summed E-state index contributed by atoms with van der Waals surface area (Å²) in [5.74, 6) is -0.833. The predicted molar refractivity (Wildman–Crippen MR) is 32.7 cm³/mol. The number of rotatable bonds is 0. The number of hydrogen-bond acceptors (Lipinski definition) is 3. The van der Waals surface area contributed by atoms with Crippen LogP contribution in [0.25, 0.3) is 0 Å². The monoisotopic (exact) mass is 133 g/mol. The molecule has 0 aliphatic heterocycles. The number of carboxylic acids is 1. The maximum atomic E-state index is 9.00. The molecule has 0 atom stereocenters. The van der Waals surface area contributed by atoms with E-state index in [1.807, 2.05) is 0 Å². The van der Waals surface area contributed by atoms with Crippen LogP contribution in [0.15, 0.2) is 0 Å². The summed E-state index contributed by atoms with van der Waals surface area (Å²) < 4.78 is 0. The summed E-state index contributed by atoms with van der Waals surface area (Å²) in [6, 6.07) is 1.75. The topological polar surface area (TPSA) is 81.3 Å². The van der Waals surface area contributed by atoms with Crippen LogP contribution >= 0.6 is 0 Å². The second-order valence-electron chi connectivity index (χ2n) is 0.743. The minimum absolute atomic E-state index is 0.833. The highest BCUT2D eigenvalue weighted by Crippen LogP contribution is 1.42. The van der Waals surface area contributed by atoms with E-state index in [1.165, 1.54) is 6.92 Å². The van der Waals surface area contributed by atoms with Crippen LogP contribution in [0.1, 0.15) is 13.8 Å². The van der Waals surface area contributed by atoms with Crippen LogP contribution in [0.4, 0.5) is 0 Å². The molecule has 4 nitrogen and oxygen atoms in total. The van der Waals surface area contributed by atoms with Crippen molar-refractivity contribution < 1.29 is 15.0 Å². The Labute approximate surface area is 54.4 Å². The summed E-state index contributed by atoms with van der Waals surface area (Å²) in [5.41, 5.74) is 0. The molecule has 2 N–H and O–H groups in total. The highest BCUT2D eigenvalue weighted by molar-refractivity contribution is 5.62. The Morgan fingerprint density at radius 2 is 1.56 bits per heavy atom. The first-order valence-corrected chi connectivity index (χ1v) is 2.10. The lowest BCUT2D eigenvalue weighted by atomic mass is 10.9. The van der Waals surface area contributed by atoms with Gasteiger partial charge in [-0.2, -0.15) is 5.26 Å². The number of nitriles is 1. The van der Waals surface area contributed by atoms with Crippen LogP contribution in [0, 0.1) is 11.3 Å². The van der Waals surface area contributed by atoms with Crippen LogP contribution in [-0.4, -0.2) is 23.3 Å². The number of nitrogens with zero attached hydrogens (tertiary/aromatic N) is 1. The third-order valence-corrected chi connectivity index (χ3v) is 0. The maximum absolute atomic E-state index is 9.00. The molecular weight excluding hydrogens is 122 g/mol. The van der Waals surface area contributed by atoms with E-state index in [1.54, 1.807) is 6.07 Å². The molecule has 0 bridgehead atoms. The Morgan fingerprint density at radius 3 is 1.56 bits per heavy atom. The first kappa shape index (κ1) is 15.7. The van der Waals surface area contributed by atoms with Crippen LogP contribution in [0.2, 0.25) is 0 Å². The lowest BCUT2D eigenvalue weighted by Crippen LogP contribution is -1.78. The van der Waals surface area contributed by atoms with E-state index in [-0.39, 0.29) is 0 Å². The number of aliphatic carboxylic acids is 1. The Kier molecular flexibility index (Phi) is 49.5. The third-order valence-electron chi connectivity index (χ3n) is 0. The molecule has 0 unspecified atom stereocenters. The molecular formula is C5H11NO3. The van der Waals surface area contributed by atoms with Crippen molar-refractivity contribution in [2.24, 2.45) is 0 Å². The largest absolute Gasteiger partial charge is 0.481 e. The third kappa shape index (κ3) is 144. The molecule has 54 valence electrons. The van der Waals surface area contributed by atoms with Gasteiger partial charge < -0.3 is 10.2 Å². The van der Waals surface area contributed by atoms with Crippen molar-refractivity contribution in [1.82, 2.24) is 0 Å². The average Bonchev–Trinajstić information content (AvgIpc) is 1.71. The van der Waals surface area contributed by atoms with E-state index in [0.29, 0.717) is 0 Å². The first-order valence-electron chi connectivity index (χ1n) is 2.10. The molecule has 0 saturated heterocycles. The fraction of sp³-hybridized carbons (Fsp3) is 0.600. The van der Waals surface area contributed by atoms with Gasteiger partial charge in [0.2, 0.25) is 0 Å². The second-order valence-corrected chi connectivity index (χ2v) is 0.743. The Balaban J connectivity index is -0.0000000646. The van der Waals surface area contributed by atoms with Crippen molar-refractivity contribution in [3.63, 3.8) is 0 Å². The maximum Gasteiger partial charge on any atom is 0.300 e. The van der Waals surface area contributed by atoms with Crippen molar-refractivity contribution in [3.05, 3.63) is 0 Å².